The van der Waals surface area contributed by atoms with Gasteiger partial charge in [0.2, 0.25) is 0 Å². The number of hydrogen-bond acceptors (Lipinski definition) is 2. The van der Waals surface area contributed by atoms with Crippen LogP contribution >= 0.6 is 11.6 Å². The van der Waals surface area contributed by atoms with Crippen molar-refractivity contribution in [3.8, 4) is 5.75 Å². The number of anilines is 1. The molecule has 0 heterocycles. The van der Waals surface area contributed by atoms with Gasteiger partial charge in [-0.3, -0.25) is 0 Å². The first kappa shape index (κ1) is 16.5. The lowest BCUT2D eigenvalue weighted by Crippen LogP contribution is -2.31. The van der Waals surface area contributed by atoms with Crippen molar-refractivity contribution in [1.82, 2.24) is 0 Å². The molecule has 1 aliphatic carbocycles. The molecule has 118 valence electrons. The molecule has 0 bridgehead atoms. The molecule has 0 unspecified atom stereocenters. The third-order valence-corrected chi connectivity index (χ3v) is 5.20. The fourth-order valence-electron chi connectivity index (χ4n) is 3.27. The van der Waals surface area contributed by atoms with Gasteiger partial charge in [0.25, 0.3) is 0 Å². The van der Waals surface area contributed by atoms with Crippen molar-refractivity contribution in [2.75, 3.05) is 12.4 Å². The van der Waals surface area contributed by atoms with Gasteiger partial charge in [-0.1, -0.05) is 32.4 Å². The van der Waals surface area contributed by atoms with E-state index in [4.69, 9.17) is 16.3 Å². The van der Waals surface area contributed by atoms with Gasteiger partial charge >= 0.3 is 0 Å². The van der Waals surface area contributed by atoms with E-state index in [1.165, 1.54) is 25.7 Å². The van der Waals surface area contributed by atoms with Gasteiger partial charge in [0.05, 0.1) is 12.8 Å². The summed E-state index contributed by atoms with van der Waals surface area (Å²) < 4.78 is 5.45. The maximum Gasteiger partial charge on any atom is 0.143 e. The number of rotatable bonds is 3. The molecule has 2 nitrogen and oxygen atoms in total. The zero-order valence-electron chi connectivity index (χ0n) is 13.9. The van der Waals surface area contributed by atoms with Crippen molar-refractivity contribution in [2.24, 2.45) is 11.3 Å². The minimum Gasteiger partial charge on any atom is -0.495 e. The Morgan fingerprint density at radius 1 is 1.14 bits per heavy atom. The van der Waals surface area contributed by atoms with Crippen LogP contribution in [0.25, 0.3) is 0 Å². The number of ether oxygens (including phenoxy) is 1. The second-order valence-corrected chi connectivity index (χ2v) is 7.77. The smallest absolute Gasteiger partial charge is 0.143 e. The quantitative estimate of drug-likeness (QED) is 0.776. The molecule has 3 heteroatoms. The largest absolute Gasteiger partial charge is 0.495 e. The van der Waals surface area contributed by atoms with Gasteiger partial charge in [0.15, 0.2) is 0 Å². The molecule has 2 rings (SSSR count). The minimum absolute atomic E-state index is 0.430. The molecule has 0 saturated heterocycles. The van der Waals surface area contributed by atoms with Gasteiger partial charge in [0, 0.05) is 17.1 Å². The van der Waals surface area contributed by atoms with Crippen LogP contribution in [-0.4, -0.2) is 13.2 Å². The van der Waals surface area contributed by atoms with Gasteiger partial charge < -0.3 is 10.1 Å². The highest BCUT2D eigenvalue weighted by molar-refractivity contribution is 6.31. The fraction of sp³-hybridized carbons (Fsp3) is 0.667. The summed E-state index contributed by atoms with van der Waals surface area (Å²) in [5, 5.41) is 4.41. The summed E-state index contributed by atoms with van der Waals surface area (Å²) in [6.07, 6.45) is 5.06. The van der Waals surface area contributed by atoms with E-state index in [1.807, 2.05) is 13.0 Å². The normalized spacial score (nSPS) is 23.0. The average Bonchev–Trinajstić information content (AvgIpc) is 2.42. The molecular formula is C18H28ClNO. The third-order valence-electron chi connectivity index (χ3n) is 4.79. The SMILES string of the molecule is COc1cc(Cl)c(C)cc1NC1CCC(C(C)(C)C)CC1. The highest BCUT2D eigenvalue weighted by atomic mass is 35.5. The average molecular weight is 310 g/mol. The first-order valence-electron chi connectivity index (χ1n) is 7.92. The number of halogens is 1. The van der Waals surface area contributed by atoms with Crippen molar-refractivity contribution in [2.45, 2.75) is 59.4 Å². The van der Waals surface area contributed by atoms with Crippen molar-refractivity contribution in [3.05, 3.63) is 22.7 Å². The second-order valence-electron chi connectivity index (χ2n) is 7.36. The summed E-state index contributed by atoms with van der Waals surface area (Å²) >= 11 is 6.17. The van der Waals surface area contributed by atoms with Crippen molar-refractivity contribution < 1.29 is 4.74 Å². The molecule has 0 spiro atoms. The zero-order valence-corrected chi connectivity index (χ0v) is 14.7. The van der Waals surface area contributed by atoms with Crippen LogP contribution in [0.5, 0.6) is 5.75 Å². The Hall–Kier alpha value is -0.890. The molecule has 0 atom stereocenters. The molecule has 1 N–H and O–H groups in total. The van der Waals surface area contributed by atoms with Crippen LogP contribution in [-0.2, 0) is 0 Å². The zero-order chi connectivity index (χ0) is 15.6. The van der Waals surface area contributed by atoms with Gasteiger partial charge in [-0.2, -0.15) is 0 Å². The van der Waals surface area contributed by atoms with E-state index >= 15 is 0 Å². The van der Waals surface area contributed by atoms with Gasteiger partial charge in [-0.05, 0) is 55.6 Å². The topological polar surface area (TPSA) is 21.3 Å². The predicted molar refractivity (Wildman–Crippen MR) is 91.6 cm³/mol. The lowest BCUT2D eigenvalue weighted by atomic mass is 9.71. The standard InChI is InChI=1S/C18H28ClNO/c1-12-10-16(17(21-5)11-15(12)19)20-14-8-6-13(7-9-14)18(2,3)4/h10-11,13-14,20H,6-9H2,1-5H3. The van der Waals surface area contributed by atoms with Crippen LogP contribution in [0.3, 0.4) is 0 Å². The molecule has 1 aliphatic rings. The maximum absolute atomic E-state index is 6.17. The van der Waals surface area contributed by atoms with Crippen molar-refractivity contribution in [3.63, 3.8) is 0 Å². The molecule has 1 fully saturated rings. The van der Waals surface area contributed by atoms with Gasteiger partial charge in [-0.25, -0.2) is 0 Å². The molecule has 1 aromatic rings. The highest BCUT2D eigenvalue weighted by Crippen LogP contribution is 2.39. The monoisotopic (exact) mass is 309 g/mol. The van der Waals surface area contributed by atoms with Gasteiger partial charge in [0.1, 0.15) is 5.75 Å². The van der Waals surface area contributed by atoms with Crippen molar-refractivity contribution >= 4 is 17.3 Å². The fourth-order valence-corrected chi connectivity index (χ4v) is 3.42. The maximum atomic E-state index is 6.17. The van der Waals surface area contributed by atoms with Crippen LogP contribution in [0.15, 0.2) is 12.1 Å². The summed E-state index contributed by atoms with van der Waals surface area (Å²) in [4.78, 5) is 0. The highest BCUT2D eigenvalue weighted by Gasteiger charge is 2.29. The van der Waals surface area contributed by atoms with E-state index in [-0.39, 0.29) is 0 Å². The molecule has 21 heavy (non-hydrogen) atoms. The molecule has 1 saturated carbocycles. The number of benzene rings is 1. The Morgan fingerprint density at radius 3 is 2.29 bits per heavy atom. The first-order valence-corrected chi connectivity index (χ1v) is 8.29. The van der Waals surface area contributed by atoms with Gasteiger partial charge in [-0.15, -0.1) is 0 Å². The van der Waals surface area contributed by atoms with E-state index in [0.29, 0.717) is 11.5 Å². The Balaban J connectivity index is 2.02. The summed E-state index contributed by atoms with van der Waals surface area (Å²) in [5.74, 6) is 1.67. The van der Waals surface area contributed by atoms with E-state index in [9.17, 15) is 0 Å². The molecule has 0 aromatic heterocycles. The number of hydrogen-bond donors (Lipinski definition) is 1. The van der Waals surface area contributed by atoms with Crippen LogP contribution < -0.4 is 10.1 Å². The first-order chi connectivity index (χ1) is 9.81. The Labute approximate surface area is 134 Å². The Bertz CT molecular complexity index is 485. The number of nitrogens with one attached hydrogen (secondary N) is 1. The molecule has 0 radical (unpaired) electrons. The molecule has 1 aromatic carbocycles. The van der Waals surface area contributed by atoms with Crippen LogP contribution in [0.1, 0.15) is 52.0 Å². The summed E-state index contributed by atoms with van der Waals surface area (Å²) in [5.41, 5.74) is 2.58. The van der Waals surface area contributed by atoms with E-state index in [1.54, 1.807) is 7.11 Å². The van der Waals surface area contributed by atoms with Crippen LogP contribution in [0.4, 0.5) is 5.69 Å². The van der Waals surface area contributed by atoms with E-state index < -0.39 is 0 Å². The van der Waals surface area contributed by atoms with Crippen molar-refractivity contribution in [1.29, 1.82) is 0 Å². The summed E-state index contributed by atoms with van der Waals surface area (Å²) in [7, 11) is 1.70. The van der Waals surface area contributed by atoms with Crippen LogP contribution in [0, 0.1) is 18.3 Å². The number of methoxy groups -OCH3 is 1. The van der Waals surface area contributed by atoms with E-state index in [0.717, 1.165) is 27.9 Å². The third kappa shape index (κ3) is 4.06. The molecular weight excluding hydrogens is 282 g/mol. The van der Waals surface area contributed by atoms with Crippen LogP contribution in [0.2, 0.25) is 5.02 Å². The lowest BCUT2D eigenvalue weighted by molar-refractivity contribution is 0.173. The second kappa shape index (κ2) is 6.48. The van der Waals surface area contributed by atoms with E-state index in [2.05, 4.69) is 32.2 Å². The summed E-state index contributed by atoms with van der Waals surface area (Å²) in [6.45, 7) is 9.11. The Kier molecular flexibility index (Phi) is 5.08. The summed E-state index contributed by atoms with van der Waals surface area (Å²) in [6, 6.07) is 4.54. The minimum atomic E-state index is 0.430. The molecule has 0 amide bonds. The predicted octanol–water partition coefficient (Wildman–Crippen LogP) is 5.67. The number of aryl methyl sites for hydroxylation is 1. The Morgan fingerprint density at radius 2 is 1.76 bits per heavy atom. The molecule has 0 aliphatic heterocycles. The lowest BCUT2D eigenvalue weighted by Gasteiger charge is -2.37.